The second-order valence-electron chi connectivity index (χ2n) is 10.3. The van der Waals surface area contributed by atoms with Gasteiger partial charge in [0.05, 0.1) is 18.7 Å². The highest BCUT2D eigenvalue weighted by atomic mass is 19.1. The van der Waals surface area contributed by atoms with Crippen LogP contribution in [0, 0.1) is 5.82 Å². The molecule has 0 aliphatic carbocycles. The molecule has 1 saturated heterocycles. The third-order valence-electron chi connectivity index (χ3n) is 7.48. The summed E-state index contributed by atoms with van der Waals surface area (Å²) in [6.07, 6.45) is 0. The van der Waals surface area contributed by atoms with Gasteiger partial charge in [-0.25, -0.2) is 9.07 Å². The predicted molar refractivity (Wildman–Crippen MR) is 162 cm³/mol. The van der Waals surface area contributed by atoms with Gasteiger partial charge in [0.15, 0.2) is 0 Å². The van der Waals surface area contributed by atoms with Crippen LogP contribution in [0.25, 0.3) is 11.0 Å². The number of hydrogen-bond acceptors (Lipinski definition) is 6. The summed E-state index contributed by atoms with van der Waals surface area (Å²) < 4.78 is 20.7. The number of benzene rings is 4. The SMILES string of the molecule is O=C(Nc1ccc(N2CCOCC2)cc1)C(c1ccccc1)N(Cc1ccc(F)cc1)C(=O)Cn1nnc2ccccc21. The van der Waals surface area contributed by atoms with E-state index >= 15 is 0 Å². The molecule has 6 rings (SSSR count). The lowest BCUT2D eigenvalue weighted by atomic mass is 10.0. The maximum absolute atomic E-state index is 14.1. The molecule has 1 aliphatic rings. The van der Waals surface area contributed by atoms with Gasteiger partial charge >= 0.3 is 0 Å². The van der Waals surface area contributed by atoms with Crippen molar-refractivity contribution in [3.8, 4) is 0 Å². The number of nitrogens with one attached hydrogen (secondary N) is 1. The Morgan fingerprint density at radius 1 is 0.884 bits per heavy atom. The number of anilines is 2. The average molecular weight is 579 g/mol. The van der Waals surface area contributed by atoms with E-state index in [1.807, 2.05) is 78.9 Å². The van der Waals surface area contributed by atoms with Crippen molar-refractivity contribution in [3.05, 3.63) is 120 Å². The van der Waals surface area contributed by atoms with Gasteiger partial charge in [-0.05, 0) is 59.7 Å². The molecule has 1 aromatic heterocycles. The molecule has 10 heteroatoms. The molecule has 1 N–H and O–H groups in total. The summed E-state index contributed by atoms with van der Waals surface area (Å²) in [6.45, 7) is 2.92. The van der Waals surface area contributed by atoms with Crippen LogP contribution in [0.1, 0.15) is 17.2 Å². The quantitative estimate of drug-likeness (QED) is 0.270. The van der Waals surface area contributed by atoms with E-state index < -0.39 is 6.04 Å². The normalized spacial score (nSPS) is 13.9. The van der Waals surface area contributed by atoms with Crippen molar-refractivity contribution in [3.63, 3.8) is 0 Å². The molecule has 1 fully saturated rings. The van der Waals surface area contributed by atoms with Gasteiger partial charge in [-0.3, -0.25) is 9.59 Å². The first kappa shape index (κ1) is 28.0. The fraction of sp³-hybridized carbons (Fsp3) is 0.212. The van der Waals surface area contributed by atoms with Gasteiger partial charge in [0, 0.05) is 31.0 Å². The zero-order valence-electron chi connectivity index (χ0n) is 23.5. The molecule has 1 aliphatic heterocycles. The summed E-state index contributed by atoms with van der Waals surface area (Å²) in [5.74, 6) is -1.09. The van der Waals surface area contributed by atoms with E-state index in [1.54, 1.807) is 12.1 Å². The first-order chi connectivity index (χ1) is 21.0. The Balaban J connectivity index is 1.31. The van der Waals surface area contributed by atoms with E-state index in [1.165, 1.54) is 21.7 Å². The summed E-state index contributed by atoms with van der Waals surface area (Å²) in [6, 6.07) is 29.1. The maximum atomic E-state index is 14.1. The number of para-hydroxylation sites is 1. The van der Waals surface area contributed by atoms with Crippen molar-refractivity contribution in [1.29, 1.82) is 0 Å². The second-order valence-corrected chi connectivity index (χ2v) is 10.3. The number of aromatic nitrogens is 3. The Bertz CT molecular complexity index is 1690. The molecule has 1 atom stereocenters. The van der Waals surface area contributed by atoms with Crippen LogP contribution in [0.3, 0.4) is 0 Å². The van der Waals surface area contributed by atoms with E-state index in [0.717, 1.165) is 18.8 Å². The van der Waals surface area contributed by atoms with Crippen molar-refractivity contribution in [2.75, 3.05) is 36.5 Å². The van der Waals surface area contributed by atoms with Crippen LogP contribution in [0.2, 0.25) is 0 Å². The summed E-state index contributed by atoms with van der Waals surface area (Å²) in [5.41, 5.74) is 4.36. The highest BCUT2D eigenvalue weighted by Crippen LogP contribution is 2.27. The number of halogens is 1. The van der Waals surface area contributed by atoms with Gasteiger partial charge < -0.3 is 19.9 Å². The Morgan fingerprint density at radius 2 is 1.58 bits per heavy atom. The van der Waals surface area contributed by atoms with E-state index in [4.69, 9.17) is 4.74 Å². The summed E-state index contributed by atoms with van der Waals surface area (Å²) >= 11 is 0. The van der Waals surface area contributed by atoms with Crippen molar-refractivity contribution >= 4 is 34.2 Å². The number of amides is 2. The number of ether oxygens (including phenoxy) is 1. The number of nitrogens with zero attached hydrogens (tertiary/aromatic N) is 5. The lowest BCUT2D eigenvalue weighted by molar-refractivity contribution is -0.140. The molecule has 2 amide bonds. The number of fused-ring (bicyclic) bond motifs is 1. The van der Waals surface area contributed by atoms with Crippen LogP contribution < -0.4 is 10.2 Å². The van der Waals surface area contributed by atoms with Crippen molar-refractivity contribution in [2.24, 2.45) is 0 Å². The third kappa shape index (κ3) is 6.54. The zero-order chi connectivity index (χ0) is 29.6. The van der Waals surface area contributed by atoms with Gasteiger partial charge in [-0.15, -0.1) is 5.10 Å². The summed E-state index contributed by atoms with van der Waals surface area (Å²) in [7, 11) is 0. The minimum absolute atomic E-state index is 0.0781. The number of carbonyl (C=O) groups excluding carboxylic acids is 2. The fourth-order valence-electron chi connectivity index (χ4n) is 5.26. The van der Waals surface area contributed by atoms with Crippen molar-refractivity contribution in [1.82, 2.24) is 19.9 Å². The highest BCUT2D eigenvalue weighted by Gasteiger charge is 2.32. The Morgan fingerprint density at radius 3 is 2.33 bits per heavy atom. The lowest BCUT2D eigenvalue weighted by Crippen LogP contribution is -2.42. The smallest absolute Gasteiger partial charge is 0.251 e. The zero-order valence-corrected chi connectivity index (χ0v) is 23.5. The Hall–Kier alpha value is -5.09. The third-order valence-corrected chi connectivity index (χ3v) is 7.48. The highest BCUT2D eigenvalue weighted by molar-refractivity contribution is 5.98. The average Bonchev–Trinajstić information content (AvgIpc) is 3.45. The largest absolute Gasteiger partial charge is 0.378 e. The van der Waals surface area contributed by atoms with Crippen molar-refractivity contribution in [2.45, 2.75) is 19.1 Å². The van der Waals surface area contributed by atoms with Gasteiger partial charge in [0.1, 0.15) is 23.9 Å². The first-order valence-corrected chi connectivity index (χ1v) is 14.2. The summed E-state index contributed by atoms with van der Waals surface area (Å²) in [5, 5.41) is 11.4. The van der Waals surface area contributed by atoms with Gasteiger partial charge in [-0.2, -0.15) is 0 Å². The van der Waals surface area contributed by atoms with Gasteiger partial charge in [0.2, 0.25) is 5.91 Å². The molecule has 4 aromatic carbocycles. The van der Waals surface area contributed by atoms with Gasteiger partial charge in [0.25, 0.3) is 5.91 Å². The molecule has 5 aromatic rings. The van der Waals surface area contributed by atoms with Crippen molar-refractivity contribution < 1.29 is 18.7 Å². The Kier molecular flexibility index (Phi) is 8.37. The molecule has 0 radical (unpaired) electrons. The minimum atomic E-state index is -0.979. The van der Waals surface area contributed by atoms with E-state index in [-0.39, 0.29) is 30.7 Å². The molecule has 43 heavy (non-hydrogen) atoms. The van der Waals surface area contributed by atoms with Crippen LogP contribution in [-0.4, -0.2) is 58.0 Å². The second kappa shape index (κ2) is 12.8. The molecule has 9 nitrogen and oxygen atoms in total. The first-order valence-electron chi connectivity index (χ1n) is 14.2. The molecular formula is C33H31FN6O3. The van der Waals surface area contributed by atoms with Crippen LogP contribution in [0.5, 0.6) is 0 Å². The number of rotatable bonds is 9. The van der Waals surface area contributed by atoms with Gasteiger partial charge in [-0.1, -0.05) is 59.8 Å². The van der Waals surface area contributed by atoms with Crippen LogP contribution in [0.4, 0.5) is 15.8 Å². The Labute approximate surface area is 248 Å². The number of morpholine rings is 1. The predicted octanol–water partition coefficient (Wildman–Crippen LogP) is 4.82. The van der Waals surface area contributed by atoms with Crippen LogP contribution in [0.15, 0.2) is 103 Å². The standard InChI is InChI=1S/C33H31FN6O3/c34-26-12-10-24(11-13-26)22-39(31(41)23-40-30-9-5-4-8-29(30)36-37-40)32(25-6-2-1-3-7-25)33(42)35-27-14-16-28(17-15-27)38-18-20-43-21-19-38/h1-17,32H,18-23H2,(H,35,42). The van der Waals surface area contributed by atoms with E-state index in [0.29, 0.717) is 41.1 Å². The molecule has 218 valence electrons. The molecule has 0 saturated carbocycles. The minimum Gasteiger partial charge on any atom is -0.378 e. The fourth-order valence-corrected chi connectivity index (χ4v) is 5.26. The molecule has 1 unspecified atom stereocenters. The number of hydrogen-bond donors (Lipinski definition) is 1. The van der Waals surface area contributed by atoms with E-state index in [2.05, 4.69) is 20.5 Å². The molecule has 2 heterocycles. The molecule has 0 spiro atoms. The van der Waals surface area contributed by atoms with Crippen LogP contribution >= 0.6 is 0 Å². The number of carbonyl (C=O) groups is 2. The lowest BCUT2D eigenvalue weighted by Gasteiger charge is -2.32. The monoisotopic (exact) mass is 578 g/mol. The van der Waals surface area contributed by atoms with Crippen LogP contribution in [-0.2, 0) is 27.4 Å². The maximum Gasteiger partial charge on any atom is 0.251 e. The molecule has 0 bridgehead atoms. The summed E-state index contributed by atoms with van der Waals surface area (Å²) in [4.78, 5) is 31.9. The molecular weight excluding hydrogens is 547 g/mol. The van der Waals surface area contributed by atoms with E-state index in [9.17, 15) is 14.0 Å². The topological polar surface area (TPSA) is 92.6 Å².